The van der Waals surface area contributed by atoms with E-state index in [0.29, 0.717) is 0 Å². The minimum atomic E-state index is -1.57. The fourth-order valence-electron chi connectivity index (χ4n) is 3.60. The molecular weight excluding hydrogens is 240 g/mol. The molecule has 0 amide bonds. The minimum absolute atomic E-state index is 0.0469. The highest BCUT2D eigenvalue weighted by molar-refractivity contribution is 6.82. The smallest absolute Gasteiger partial charge is 0.314 e. The standard InChI is InChI=1S/C15H18O2Si/c1-10-12-14(16)17-13(11-8-6-5-7-9-11)15(10,12)18(2,3)4/h5-9,12-13H,1H2,2-4H3/t12-,13?,15+/m0/s1. The van der Waals surface area contributed by atoms with Crippen LogP contribution in [-0.2, 0) is 9.53 Å². The van der Waals surface area contributed by atoms with Crippen molar-refractivity contribution in [2.45, 2.75) is 30.8 Å². The molecule has 0 N–H and O–H groups in total. The predicted octanol–water partition coefficient (Wildman–Crippen LogP) is 3.55. The molecule has 1 aliphatic carbocycles. The zero-order valence-corrected chi connectivity index (χ0v) is 12.1. The molecule has 94 valence electrons. The molecule has 3 heteroatoms. The van der Waals surface area contributed by atoms with Crippen molar-refractivity contribution in [1.82, 2.24) is 0 Å². The van der Waals surface area contributed by atoms with Crippen LogP contribution in [0.15, 0.2) is 42.5 Å². The van der Waals surface area contributed by atoms with Gasteiger partial charge in [-0.3, -0.25) is 4.79 Å². The summed E-state index contributed by atoms with van der Waals surface area (Å²) in [6.07, 6.45) is -0.115. The zero-order valence-electron chi connectivity index (χ0n) is 11.1. The number of carbonyl (C=O) groups is 1. The molecule has 0 bridgehead atoms. The molecule has 18 heavy (non-hydrogen) atoms. The van der Waals surface area contributed by atoms with Crippen LogP contribution in [0.25, 0.3) is 0 Å². The van der Waals surface area contributed by atoms with Crippen molar-refractivity contribution in [2.24, 2.45) is 5.92 Å². The Morgan fingerprint density at radius 3 is 2.33 bits per heavy atom. The molecule has 1 saturated carbocycles. The average molecular weight is 258 g/mol. The third-order valence-electron chi connectivity index (χ3n) is 4.48. The van der Waals surface area contributed by atoms with Crippen molar-refractivity contribution in [3.05, 3.63) is 48.0 Å². The van der Waals surface area contributed by atoms with E-state index < -0.39 is 8.07 Å². The van der Waals surface area contributed by atoms with Gasteiger partial charge in [0.1, 0.15) is 6.10 Å². The summed E-state index contributed by atoms with van der Waals surface area (Å²) in [6.45, 7) is 11.1. The first-order chi connectivity index (χ1) is 8.40. The second-order valence-electron chi connectivity index (χ2n) is 6.30. The summed E-state index contributed by atoms with van der Waals surface area (Å²) in [7, 11) is -1.57. The Labute approximate surface area is 109 Å². The van der Waals surface area contributed by atoms with Gasteiger partial charge in [0.05, 0.1) is 14.0 Å². The normalized spacial score (nSPS) is 34.2. The van der Waals surface area contributed by atoms with Crippen LogP contribution in [0.1, 0.15) is 11.7 Å². The Morgan fingerprint density at radius 1 is 1.22 bits per heavy atom. The maximum Gasteiger partial charge on any atom is 0.314 e. The fourth-order valence-corrected chi connectivity index (χ4v) is 6.81. The fraction of sp³-hybridized carbons (Fsp3) is 0.400. The van der Waals surface area contributed by atoms with Crippen molar-refractivity contribution >= 4 is 14.0 Å². The number of fused-ring (bicyclic) bond motifs is 1. The quantitative estimate of drug-likeness (QED) is 0.461. The van der Waals surface area contributed by atoms with Gasteiger partial charge in [-0.25, -0.2) is 0 Å². The number of carbonyl (C=O) groups excluding carboxylic acids is 1. The van der Waals surface area contributed by atoms with Gasteiger partial charge in [0, 0.05) is 5.04 Å². The molecule has 2 nitrogen and oxygen atoms in total. The van der Waals surface area contributed by atoms with Crippen LogP contribution in [0.3, 0.4) is 0 Å². The van der Waals surface area contributed by atoms with Crippen LogP contribution in [-0.4, -0.2) is 14.0 Å². The van der Waals surface area contributed by atoms with E-state index in [2.05, 4.69) is 26.2 Å². The number of cyclic esters (lactones) is 1. The highest BCUT2D eigenvalue weighted by Gasteiger charge is 2.78. The molecule has 0 aromatic heterocycles. The minimum Gasteiger partial charge on any atom is -0.456 e. The third-order valence-corrected chi connectivity index (χ3v) is 7.83. The van der Waals surface area contributed by atoms with Crippen LogP contribution in [0.5, 0.6) is 0 Å². The Kier molecular flexibility index (Phi) is 2.18. The van der Waals surface area contributed by atoms with E-state index in [0.717, 1.165) is 11.1 Å². The van der Waals surface area contributed by atoms with Gasteiger partial charge < -0.3 is 4.74 Å². The molecule has 3 atom stereocenters. The lowest BCUT2D eigenvalue weighted by molar-refractivity contribution is -0.144. The summed E-state index contributed by atoms with van der Waals surface area (Å²) in [5.41, 5.74) is 2.21. The van der Waals surface area contributed by atoms with Crippen LogP contribution < -0.4 is 0 Å². The van der Waals surface area contributed by atoms with E-state index in [4.69, 9.17) is 4.74 Å². The lowest BCUT2D eigenvalue weighted by Crippen LogP contribution is -2.34. The van der Waals surface area contributed by atoms with Crippen molar-refractivity contribution in [2.75, 3.05) is 0 Å². The van der Waals surface area contributed by atoms with Crippen molar-refractivity contribution in [3.8, 4) is 0 Å². The molecule has 0 spiro atoms. The number of esters is 1. The Bertz CT molecular complexity index is 529. The first-order valence-electron chi connectivity index (χ1n) is 6.35. The van der Waals surface area contributed by atoms with E-state index in [1.54, 1.807) is 0 Å². The van der Waals surface area contributed by atoms with Gasteiger partial charge in [0.2, 0.25) is 0 Å². The van der Waals surface area contributed by atoms with E-state index in [1.165, 1.54) is 0 Å². The molecule has 1 heterocycles. The number of benzene rings is 1. The van der Waals surface area contributed by atoms with E-state index in [1.807, 2.05) is 30.3 Å². The molecular formula is C15H18O2Si. The Morgan fingerprint density at radius 2 is 1.83 bits per heavy atom. The summed E-state index contributed by atoms with van der Waals surface area (Å²) in [5.74, 6) is -0.120. The highest BCUT2D eigenvalue weighted by Crippen LogP contribution is 2.80. The lowest BCUT2D eigenvalue weighted by Gasteiger charge is -2.32. The molecule has 1 aromatic carbocycles. The summed E-state index contributed by atoms with van der Waals surface area (Å²) in [6, 6.07) is 10.1. The molecule has 1 aliphatic heterocycles. The monoisotopic (exact) mass is 258 g/mol. The second-order valence-corrected chi connectivity index (χ2v) is 11.6. The number of hydrogen-bond acceptors (Lipinski definition) is 2. The van der Waals surface area contributed by atoms with Gasteiger partial charge in [0.25, 0.3) is 0 Å². The highest BCUT2D eigenvalue weighted by atomic mass is 28.3. The van der Waals surface area contributed by atoms with Crippen LogP contribution in [0.2, 0.25) is 24.7 Å². The summed E-state index contributed by atoms with van der Waals surface area (Å²) < 4.78 is 5.64. The van der Waals surface area contributed by atoms with Crippen LogP contribution >= 0.6 is 0 Å². The topological polar surface area (TPSA) is 26.3 Å². The average Bonchev–Trinajstić information content (AvgIpc) is 2.79. The second kappa shape index (κ2) is 3.35. The maximum absolute atomic E-state index is 12.0. The van der Waals surface area contributed by atoms with E-state index >= 15 is 0 Å². The lowest BCUT2D eigenvalue weighted by atomic mass is 10.0. The Hall–Kier alpha value is -1.35. The molecule has 2 aliphatic rings. The van der Waals surface area contributed by atoms with E-state index in [9.17, 15) is 4.79 Å². The van der Waals surface area contributed by atoms with Crippen molar-refractivity contribution < 1.29 is 9.53 Å². The molecule has 2 fully saturated rings. The molecule has 1 saturated heterocycles. The first kappa shape index (κ1) is 11.7. The number of ether oxygens (including phenoxy) is 1. The zero-order chi connectivity index (χ0) is 13.1. The first-order valence-corrected chi connectivity index (χ1v) is 9.85. The number of rotatable bonds is 2. The van der Waals surface area contributed by atoms with Gasteiger partial charge in [0.15, 0.2) is 0 Å². The Balaban J connectivity index is 2.11. The summed E-state index contributed by atoms with van der Waals surface area (Å²) in [4.78, 5) is 12.0. The predicted molar refractivity (Wildman–Crippen MR) is 73.9 cm³/mol. The van der Waals surface area contributed by atoms with Crippen LogP contribution in [0, 0.1) is 5.92 Å². The van der Waals surface area contributed by atoms with Crippen LogP contribution in [0.4, 0.5) is 0 Å². The summed E-state index contributed by atoms with van der Waals surface area (Å²) in [5, 5.41) is -0.0779. The summed E-state index contributed by atoms with van der Waals surface area (Å²) >= 11 is 0. The largest absolute Gasteiger partial charge is 0.456 e. The molecule has 3 rings (SSSR count). The van der Waals surface area contributed by atoms with Gasteiger partial charge >= 0.3 is 5.97 Å². The third kappa shape index (κ3) is 1.20. The van der Waals surface area contributed by atoms with E-state index in [-0.39, 0.29) is 23.0 Å². The van der Waals surface area contributed by atoms with Crippen molar-refractivity contribution in [3.63, 3.8) is 0 Å². The van der Waals surface area contributed by atoms with Gasteiger partial charge in [-0.2, -0.15) is 0 Å². The molecule has 1 aromatic rings. The SMILES string of the molecule is C=C1[C@H]2C(=O)OC(c3ccccc3)[C@@]12[Si](C)(C)C. The van der Waals surface area contributed by atoms with Gasteiger partial charge in [-0.05, 0) is 5.56 Å². The van der Waals surface area contributed by atoms with Crippen molar-refractivity contribution in [1.29, 1.82) is 0 Å². The van der Waals surface area contributed by atoms with Gasteiger partial charge in [-0.1, -0.05) is 62.1 Å². The molecule has 1 unspecified atom stereocenters. The number of hydrogen-bond donors (Lipinski definition) is 0. The molecule has 0 radical (unpaired) electrons. The maximum atomic E-state index is 12.0. The van der Waals surface area contributed by atoms with Gasteiger partial charge in [-0.15, -0.1) is 0 Å².